The Labute approximate surface area is 283 Å². The lowest BCUT2D eigenvalue weighted by Crippen LogP contribution is -2.16. The molecule has 7 aromatic rings. The molecule has 0 fully saturated rings. The molecule has 1 aromatic heterocycles. The van der Waals surface area contributed by atoms with Crippen molar-refractivity contribution in [1.29, 1.82) is 0 Å². The quantitative estimate of drug-likeness (QED) is 0.191. The summed E-state index contributed by atoms with van der Waals surface area (Å²) in [7, 11) is 0. The molecule has 1 heterocycles. The zero-order chi connectivity index (χ0) is 32.6. The SMILES string of the molecule is CC1(C)c2ccccc2-c2ccc(N(c3ccccc3)c3ccc(-c4oc(-c5ccccc5)c5c4-c4ccccc4C5(C)C)cc3)cc21. The van der Waals surface area contributed by atoms with Crippen LogP contribution < -0.4 is 4.90 Å². The summed E-state index contributed by atoms with van der Waals surface area (Å²) < 4.78 is 6.91. The van der Waals surface area contributed by atoms with Gasteiger partial charge in [-0.2, -0.15) is 0 Å². The maximum atomic E-state index is 6.91. The highest BCUT2D eigenvalue weighted by Crippen LogP contribution is 2.57. The fourth-order valence-electron chi connectivity index (χ4n) is 8.28. The van der Waals surface area contributed by atoms with Gasteiger partial charge >= 0.3 is 0 Å². The van der Waals surface area contributed by atoms with Crippen molar-refractivity contribution in [3.05, 3.63) is 174 Å². The van der Waals surface area contributed by atoms with Crippen molar-refractivity contribution >= 4 is 17.1 Å². The summed E-state index contributed by atoms with van der Waals surface area (Å²) >= 11 is 0. The lowest BCUT2D eigenvalue weighted by molar-refractivity contribution is 0.575. The molecule has 2 nitrogen and oxygen atoms in total. The van der Waals surface area contributed by atoms with Crippen LogP contribution in [-0.2, 0) is 10.8 Å². The van der Waals surface area contributed by atoms with Crippen LogP contribution in [0.2, 0.25) is 0 Å². The van der Waals surface area contributed by atoms with E-state index >= 15 is 0 Å². The number of hydrogen-bond acceptors (Lipinski definition) is 2. The Bertz CT molecular complexity index is 2320. The Morgan fingerprint density at radius 2 is 0.938 bits per heavy atom. The van der Waals surface area contributed by atoms with Gasteiger partial charge in [0.05, 0.1) is 0 Å². The normalized spacial score (nSPS) is 14.6. The number of furan rings is 1. The van der Waals surface area contributed by atoms with Gasteiger partial charge in [-0.25, -0.2) is 0 Å². The van der Waals surface area contributed by atoms with Crippen molar-refractivity contribution in [2.45, 2.75) is 38.5 Å². The summed E-state index contributed by atoms with van der Waals surface area (Å²) in [6, 6.07) is 54.7. The average Bonchev–Trinajstić information content (AvgIpc) is 3.72. The standard InChI is InChI=1S/C46H37NO/c1-45(2)38-21-13-11-19-35(38)36-28-27-34(29-40(36)45)47(32-17-9-6-10-18-32)33-25-23-31(24-26-33)43-41-37-20-12-14-22-39(37)46(3,4)42(41)44(48-43)30-15-7-5-8-16-30/h5-29H,1-4H3. The Balaban J connectivity index is 1.18. The van der Waals surface area contributed by atoms with E-state index in [0.29, 0.717) is 0 Å². The predicted octanol–water partition coefficient (Wildman–Crippen LogP) is 12.7. The molecule has 0 amide bonds. The Morgan fingerprint density at radius 3 is 1.65 bits per heavy atom. The number of hydrogen-bond donors (Lipinski definition) is 0. The van der Waals surface area contributed by atoms with Crippen LogP contribution >= 0.6 is 0 Å². The van der Waals surface area contributed by atoms with Crippen molar-refractivity contribution in [2.75, 3.05) is 4.90 Å². The third kappa shape index (κ3) is 4.12. The lowest BCUT2D eigenvalue weighted by atomic mass is 9.81. The molecule has 0 unspecified atom stereocenters. The summed E-state index contributed by atoms with van der Waals surface area (Å²) in [5.74, 6) is 1.88. The van der Waals surface area contributed by atoms with Gasteiger partial charge in [-0.15, -0.1) is 0 Å². The van der Waals surface area contributed by atoms with Crippen LogP contribution in [0.15, 0.2) is 156 Å². The van der Waals surface area contributed by atoms with E-state index in [9.17, 15) is 0 Å². The minimum absolute atomic E-state index is 0.0751. The number of fused-ring (bicyclic) bond motifs is 6. The van der Waals surface area contributed by atoms with E-state index < -0.39 is 0 Å². The van der Waals surface area contributed by atoms with Crippen molar-refractivity contribution in [2.24, 2.45) is 0 Å². The minimum Gasteiger partial charge on any atom is -0.455 e. The van der Waals surface area contributed by atoms with E-state index in [4.69, 9.17) is 4.42 Å². The fraction of sp³-hybridized carbons (Fsp3) is 0.130. The second kappa shape index (κ2) is 10.5. The van der Waals surface area contributed by atoms with Crippen LogP contribution in [0.25, 0.3) is 44.9 Å². The van der Waals surface area contributed by atoms with Gasteiger partial charge in [0.1, 0.15) is 11.5 Å². The zero-order valence-electron chi connectivity index (χ0n) is 27.8. The molecule has 2 aliphatic rings. The first-order valence-corrected chi connectivity index (χ1v) is 16.9. The molecule has 2 aliphatic carbocycles. The van der Waals surface area contributed by atoms with Crippen molar-refractivity contribution < 1.29 is 4.42 Å². The first kappa shape index (κ1) is 28.6. The summed E-state index contributed by atoms with van der Waals surface area (Å²) in [5, 5.41) is 0. The number of benzene rings is 6. The highest BCUT2D eigenvalue weighted by atomic mass is 16.3. The third-order valence-corrected chi connectivity index (χ3v) is 10.7. The number of nitrogens with zero attached hydrogens (tertiary/aromatic N) is 1. The molecule has 0 spiro atoms. The number of rotatable bonds is 5. The largest absolute Gasteiger partial charge is 0.455 e. The molecule has 0 saturated carbocycles. The molecule has 6 aromatic carbocycles. The lowest BCUT2D eigenvalue weighted by Gasteiger charge is -2.28. The molecule has 0 aliphatic heterocycles. The molecule has 0 radical (unpaired) electrons. The van der Waals surface area contributed by atoms with E-state index in [2.05, 4.69) is 184 Å². The van der Waals surface area contributed by atoms with Crippen molar-refractivity contribution in [3.63, 3.8) is 0 Å². The second-order valence-corrected chi connectivity index (χ2v) is 14.2. The van der Waals surface area contributed by atoms with Gasteiger partial charge < -0.3 is 9.32 Å². The van der Waals surface area contributed by atoms with Gasteiger partial charge in [-0.1, -0.05) is 131 Å². The van der Waals surface area contributed by atoms with Gasteiger partial charge in [0, 0.05) is 50.1 Å². The molecular formula is C46H37NO. The third-order valence-electron chi connectivity index (χ3n) is 10.7. The molecule has 232 valence electrons. The number of para-hydroxylation sites is 1. The van der Waals surface area contributed by atoms with Gasteiger partial charge in [0.2, 0.25) is 0 Å². The van der Waals surface area contributed by atoms with E-state index in [1.54, 1.807) is 0 Å². The van der Waals surface area contributed by atoms with Gasteiger partial charge in [-0.05, 0) is 81.9 Å². The zero-order valence-corrected chi connectivity index (χ0v) is 27.8. The summed E-state index contributed by atoms with van der Waals surface area (Å²) in [6.45, 7) is 9.32. The Morgan fingerprint density at radius 1 is 0.417 bits per heavy atom. The summed E-state index contributed by atoms with van der Waals surface area (Å²) in [6.07, 6.45) is 0. The van der Waals surface area contributed by atoms with Crippen LogP contribution in [0.3, 0.4) is 0 Å². The molecule has 2 heteroatoms. The fourth-order valence-corrected chi connectivity index (χ4v) is 8.28. The molecule has 48 heavy (non-hydrogen) atoms. The van der Waals surface area contributed by atoms with Crippen LogP contribution in [-0.4, -0.2) is 0 Å². The maximum absolute atomic E-state index is 6.91. The smallest absolute Gasteiger partial charge is 0.142 e. The minimum atomic E-state index is -0.177. The molecule has 0 bridgehead atoms. The second-order valence-electron chi connectivity index (χ2n) is 14.2. The average molecular weight is 620 g/mol. The Kier molecular flexibility index (Phi) is 6.23. The van der Waals surface area contributed by atoms with E-state index in [-0.39, 0.29) is 10.8 Å². The molecule has 0 N–H and O–H groups in total. The van der Waals surface area contributed by atoms with Crippen LogP contribution in [0, 0.1) is 0 Å². The van der Waals surface area contributed by atoms with Gasteiger partial charge in [0.15, 0.2) is 0 Å². The molecule has 9 rings (SSSR count). The molecular weight excluding hydrogens is 583 g/mol. The highest BCUT2D eigenvalue weighted by Gasteiger charge is 2.42. The first-order chi connectivity index (χ1) is 23.3. The van der Waals surface area contributed by atoms with Gasteiger partial charge in [0.25, 0.3) is 0 Å². The first-order valence-electron chi connectivity index (χ1n) is 16.9. The summed E-state index contributed by atoms with van der Waals surface area (Å²) in [4.78, 5) is 2.36. The topological polar surface area (TPSA) is 16.4 Å². The van der Waals surface area contributed by atoms with Crippen molar-refractivity contribution in [1.82, 2.24) is 0 Å². The van der Waals surface area contributed by atoms with Crippen molar-refractivity contribution in [3.8, 4) is 44.9 Å². The van der Waals surface area contributed by atoms with Gasteiger partial charge in [-0.3, -0.25) is 0 Å². The highest BCUT2D eigenvalue weighted by molar-refractivity contribution is 5.95. The van der Waals surface area contributed by atoms with Crippen LogP contribution in [0.1, 0.15) is 49.9 Å². The predicted molar refractivity (Wildman–Crippen MR) is 199 cm³/mol. The summed E-state index contributed by atoms with van der Waals surface area (Å²) in [5.41, 5.74) is 15.8. The molecule has 0 saturated heterocycles. The molecule has 0 atom stereocenters. The number of anilines is 3. The van der Waals surface area contributed by atoms with E-state index in [1.807, 2.05) is 0 Å². The van der Waals surface area contributed by atoms with E-state index in [1.165, 1.54) is 44.5 Å². The van der Waals surface area contributed by atoms with Crippen LogP contribution in [0.4, 0.5) is 17.1 Å². The Hall–Kier alpha value is -5.60. The van der Waals surface area contributed by atoms with Crippen LogP contribution in [0.5, 0.6) is 0 Å². The maximum Gasteiger partial charge on any atom is 0.142 e. The van der Waals surface area contributed by atoms with E-state index in [0.717, 1.165) is 39.7 Å². The monoisotopic (exact) mass is 619 g/mol.